The van der Waals surface area contributed by atoms with E-state index in [-0.39, 0.29) is 22.7 Å². The average molecular weight is 303 g/mol. The summed E-state index contributed by atoms with van der Waals surface area (Å²) in [5.74, 6) is 1.31. The molecule has 19 heavy (non-hydrogen) atoms. The third-order valence-corrected chi connectivity index (χ3v) is 4.60. The fraction of sp³-hybridized carbons (Fsp3) is 0.636. The quantitative estimate of drug-likeness (QED) is 0.511. The van der Waals surface area contributed by atoms with Crippen molar-refractivity contribution in [1.29, 1.82) is 0 Å². The van der Waals surface area contributed by atoms with Crippen molar-refractivity contribution in [1.82, 2.24) is 9.97 Å². The summed E-state index contributed by atoms with van der Waals surface area (Å²) >= 11 is 7.69. The number of hydrogen-bond donors (Lipinski definition) is 1. The highest BCUT2D eigenvalue weighted by Gasteiger charge is 2.28. The molecule has 0 radical (unpaired) electrons. The average Bonchev–Trinajstić information content (AvgIpc) is 2.76. The molecule has 0 spiro atoms. The lowest BCUT2D eigenvalue weighted by molar-refractivity contribution is -0.384. The van der Waals surface area contributed by atoms with Crippen molar-refractivity contribution in [3.63, 3.8) is 0 Å². The van der Waals surface area contributed by atoms with E-state index >= 15 is 0 Å². The summed E-state index contributed by atoms with van der Waals surface area (Å²) in [4.78, 5) is 18.0. The lowest BCUT2D eigenvalue weighted by Crippen LogP contribution is -2.18. The second-order valence-electron chi connectivity index (χ2n) is 4.35. The Kier molecular flexibility index (Phi) is 4.81. The molecule has 0 aliphatic heterocycles. The van der Waals surface area contributed by atoms with Crippen LogP contribution in [0.5, 0.6) is 0 Å². The molecule has 0 amide bonds. The minimum atomic E-state index is -0.544. The van der Waals surface area contributed by atoms with Gasteiger partial charge in [-0.25, -0.2) is 9.97 Å². The van der Waals surface area contributed by atoms with E-state index in [1.165, 1.54) is 6.33 Å². The zero-order valence-electron chi connectivity index (χ0n) is 10.5. The normalized spacial score (nSPS) is 22.4. The first-order chi connectivity index (χ1) is 9.11. The Balaban J connectivity index is 2.08. The first-order valence-corrected chi connectivity index (χ1v) is 7.57. The van der Waals surface area contributed by atoms with Crippen LogP contribution < -0.4 is 5.32 Å². The van der Waals surface area contributed by atoms with E-state index in [0.717, 1.165) is 25.0 Å². The molecule has 0 aromatic carbocycles. The molecule has 6 nitrogen and oxygen atoms in total. The molecule has 1 aliphatic rings. The van der Waals surface area contributed by atoms with E-state index in [2.05, 4.69) is 22.2 Å². The number of rotatable bonds is 5. The van der Waals surface area contributed by atoms with Gasteiger partial charge in [0, 0.05) is 11.3 Å². The molecule has 8 heteroatoms. The number of nitrogens with zero attached hydrogens (tertiary/aromatic N) is 3. The molecule has 2 rings (SSSR count). The van der Waals surface area contributed by atoms with Crippen LogP contribution in [0.25, 0.3) is 0 Å². The van der Waals surface area contributed by atoms with Crippen LogP contribution in [0.3, 0.4) is 0 Å². The van der Waals surface area contributed by atoms with E-state index in [1.54, 1.807) is 0 Å². The number of halogens is 1. The van der Waals surface area contributed by atoms with Gasteiger partial charge in [0.1, 0.15) is 6.33 Å². The molecule has 1 aliphatic carbocycles. The highest BCUT2D eigenvalue weighted by molar-refractivity contribution is 7.99. The van der Waals surface area contributed by atoms with Gasteiger partial charge in [0.05, 0.1) is 4.92 Å². The van der Waals surface area contributed by atoms with Crippen molar-refractivity contribution in [2.24, 2.45) is 0 Å². The Labute approximate surface area is 120 Å². The first kappa shape index (κ1) is 14.3. The fourth-order valence-electron chi connectivity index (χ4n) is 2.28. The minimum absolute atomic E-state index is 0.125. The zero-order valence-corrected chi connectivity index (χ0v) is 12.1. The third-order valence-electron chi connectivity index (χ3n) is 3.09. The van der Waals surface area contributed by atoms with Gasteiger partial charge in [0.15, 0.2) is 0 Å². The maximum atomic E-state index is 11.0. The number of aromatic nitrogens is 2. The Hall–Kier alpha value is -1.08. The van der Waals surface area contributed by atoms with Gasteiger partial charge in [-0.15, -0.1) is 0 Å². The van der Waals surface area contributed by atoms with Crippen molar-refractivity contribution >= 4 is 34.9 Å². The molecule has 1 aromatic heterocycles. The molecule has 1 heterocycles. The van der Waals surface area contributed by atoms with Gasteiger partial charge in [-0.1, -0.05) is 18.5 Å². The molecule has 104 valence electrons. The van der Waals surface area contributed by atoms with Crippen LogP contribution in [0, 0.1) is 10.1 Å². The van der Waals surface area contributed by atoms with Crippen molar-refractivity contribution in [2.45, 2.75) is 37.5 Å². The third kappa shape index (κ3) is 3.48. The minimum Gasteiger partial charge on any atom is -0.361 e. The van der Waals surface area contributed by atoms with Gasteiger partial charge in [0.25, 0.3) is 0 Å². The molecule has 2 unspecified atom stereocenters. The lowest BCUT2D eigenvalue weighted by Gasteiger charge is -2.13. The standard InChI is InChI=1S/C11H15ClN4O2S/c1-2-19-8-4-3-7(5-8)15-11-9(16(17)18)10(12)13-6-14-11/h6-8H,2-5H2,1H3,(H,13,14,15). The summed E-state index contributed by atoms with van der Waals surface area (Å²) in [5, 5.41) is 14.6. The number of anilines is 1. The second-order valence-corrected chi connectivity index (χ2v) is 6.29. The van der Waals surface area contributed by atoms with Crippen molar-refractivity contribution < 1.29 is 4.92 Å². The molecule has 2 atom stereocenters. The van der Waals surface area contributed by atoms with E-state index in [9.17, 15) is 10.1 Å². The van der Waals surface area contributed by atoms with Gasteiger partial charge >= 0.3 is 5.69 Å². The van der Waals surface area contributed by atoms with Crippen LogP contribution in [0.4, 0.5) is 11.5 Å². The highest BCUT2D eigenvalue weighted by Crippen LogP contribution is 2.34. The molecular weight excluding hydrogens is 288 g/mol. The maximum absolute atomic E-state index is 11.0. The predicted molar refractivity (Wildman–Crippen MR) is 76.9 cm³/mol. The smallest absolute Gasteiger partial charge is 0.348 e. The Morgan fingerprint density at radius 3 is 3.05 bits per heavy atom. The monoisotopic (exact) mass is 302 g/mol. The topological polar surface area (TPSA) is 81.0 Å². The summed E-state index contributed by atoms with van der Waals surface area (Å²) < 4.78 is 0. The fourth-order valence-corrected chi connectivity index (χ4v) is 3.62. The SMILES string of the molecule is CCSC1CCC(Nc2ncnc(Cl)c2[N+](=O)[O-])C1. The maximum Gasteiger partial charge on any atom is 0.348 e. The van der Waals surface area contributed by atoms with Crippen molar-refractivity contribution in [2.75, 3.05) is 11.1 Å². The van der Waals surface area contributed by atoms with E-state index in [0.29, 0.717) is 5.25 Å². The molecule has 0 bridgehead atoms. The highest BCUT2D eigenvalue weighted by atomic mass is 35.5. The van der Waals surface area contributed by atoms with Gasteiger partial charge in [-0.3, -0.25) is 10.1 Å². The van der Waals surface area contributed by atoms with Crippen LogP contribution >= 0.6 is 23.4 Å². The largest absolute Gasteiger partial charge is 0.361 e. The number of thioether (sulfide) groups is 1. The lowest BCUT2D eigenvalue weighted by atomic mass is 10.2. The summed E-state index contributed by atoms with van der Waals surface area (Å²) in [6.45, 7) is 2.14. The van der Waals surface area contributed by atoms with Gasteiger partial charge in [-0.05, 0) is 25.0 Å². The Morgan fingerprint density at radius 2 is 2.37 bits per heavy atom. The van der Waals surface area contributed by atoms with E-state index in [1.807, 2.05) is 11.8 Å². The van der Waals surface area contributed by atoms with Gasteiger partial charge < -0.3 is 5.32 Å². The van der Waals surface area contributed by atoms with Crippen molar-refractivity contribution in [3.8, 4) is 0 Å². The van der Waals surface area contributed by atoms with Crippen LogP contribution in [-0.2, 0) is 0 Å². The number of nitrogens with one attached hydrogen (secondary N) is 1. The molecule has 1 aromatic rings. The van der Waals surface area contributed by atoms with Gasteiger partial charge in [0.2, 0.25) is 11.0 Å². The summed E-state index contributed by atoms with van der Waals surface area (Å²) in [6, 6.07) is 0.216. The Morgan fingerprint density at radius 1 is 1.58 bits per heavy atom. The van der Waals surface area contributed by atoms with Crippen LogP contribution in [0.15, 0.2) is 6.33 Å². The predicted octanol–water partition coefficient (Wildman–Crippen LogP) is 3.12. The van der Waals surface area contributed by atoms with Gasteiger partial charge in [-0.2, -0.15) is 11.8 Å². The first-order valence-electron chi connectivity index (χ1n) is 6.14. The molecule has 1 saturated carbocycles. The second kappa shape index (κ2) is 6.38. The summed E-state index contributed by atoms with van der Waals surface area (Å²) in [7, 11) is 0. The summed E-state index contributed by atoms with van der Waals surface area (Å²) in [5.41, 5.74) is -0.240. The summed E-state index contributed by atoms with van der Waals surface area (Å²) in [6.07, 6.45) is 4.36. The van der Waals surface area contributed by atoms with Crippen LogP contribution in [0.1, 0.15) is 26.2 Å². The number of nitro groups is 1. The van der Waals surface area contributed by atoms with E-state index < -0.39 is 4.92 Å². The van der Waals surface area contributed by atoms with E-state index in [4.69, 9.17) is 11.6 Å². The molecule has 1 N–H and O–H groups in total. The van der Waals surface area contributed by atoms with Crippen LogP contribution in [0.2, 0.25) is 5.15 Å². The Bertz CT molecular complexity index is 474. The molecule has 0 saturated heterocycles. The molecular formula is C11H15ClN4O2S. The molecule has 1 fully saturated rings. The zero-order chi connectivity index (χ0) is 13.8. The van der Waals surface area contributed by atoms with Crippen molar-refractivity contribution in [3.05, 3.63) is 21.6 Å². The van der Waals surface area contributed by atoms with Crippen LogP contribution in [-0.4, -0.2) is 31.9 Å². The number of hydrogen-bond acceptors (Lipinski definition) is 6.